The van der Waals surface area contributed by atoms with Gasteiger partial charge in [0.1, 0.15) is 47.8 Å². The van der Waals surface area contributed by atoms with Gasteiger partial charge < -0.3 is 68.7 Å². The van der Waals surface area contributed by atoms with Gasteiger partial charge in [-0.2, -0.15) is 0 Å². The molecule has 0 aliphatic carbocycles. The highest BCUT2D eigenvalue weighted by molar-refractivity contribution is 6.00. The Balaban J connectivity index is 2.11. The van der Waals surface area contributed by atoms with Crippen molar-refractivity contribution in [3.8, 4) is 5.75 Å². The van der Waals surface area contributed by atoms with Crippen LogP contribution in [0.15, 0.2) is 95.2 Å². The van der Waals surface area contributed by atoms with Crippen molar-refractivity contribution in [2.45, 2.75) is 135 Å². The molecule has 2 aromatic carbocycles. The summed E-state index contributed by atoms with van der Waals surface area (Å²) in [6, 6.07) is 6.14. The van der Waals surface area contributed by atoms with Gasteiger partial charge in [0.25, 0.3) is 5.91 Å². The molecule has 418 valence electrons. The molecule has 1 saturated heterocycles. The highest BCUT2D eigenvalue weighted by Gasteiger charge is 2.34. The quantitative estimate of drug-likeness (QED) is 0.0274. The van der Waals surface area contributed by atoms with Crippen LogP contribution in [-0.4, -0.2) is 129 Å². The SMILES string of the molecule is CC=C1NC(=O)CC[C@H](C(=O)O)NC(=O)[C@@H](C)[C@H](C=CC(C)=C[C@H](C)[C@H](Cc2ccccc2)OC(C)=O)NC(=O)[C@H](CCCN=C(N)N)NC(=O)C[C@H](C(=O)O)NC(=O)[C@H](CCc2ccc(O)cc2)NC(=O)[C@@H](C)NC1=O. The lowest BCUT2D eigenvalue weighted by Gasteiger charge is -2.27. The molecule has 0 unspecified atom stereocenters. The number of hydrogen-bond donors (Lipinski definition) is 12. The van der Waals surface area contributed by atoms with Crippen LogP contribution in [0.25, 0.3) is 0 Å². The van der Waals surface area contributed by atoms with Gasteiger partial charge in [0, 0.05) is 32.2 Å². The molecule has 0 bridgehead atoms. The maximum absolute atomic E-state index is 14.4. The average molecular weight is 1070 g/mol. The van der Waals surface area contributed by atoms with E-state index in [1.54, 1.807) is 25.1 Å². The van der Waals surface area contributed by atoms with Crippen LogP contribution in [-0.2, 0) is 65.5 Å². The molecule has 24 heteroatoms. The van der Waals surface area contributed by atoms with Crippen LogP contribution in [0.5, 0.6) is 5.75 Å². The van der Waals surface area contributed by atoms with Crippen molar-refractivity contribution in [3.63, 3.8) is 0 Å². The standard InChI is InChI=1S/C53H72N10O14/c1-7-37-48(70)57-32(5)47(69)61-40(22-18-34-16-19-36(65)20-17-34)50(72)63-42(52(75)76)28-45(67)59-39(14-11-25-56-53(54)55)49(71)60-38(31(4)46(68)62-41(51(73)74)23-24-44(66)58-37)21-15-29(2)26-30(3)43(77-33(6)64)27-35-12-9-8-10-13-35/h7-10,12-13,15-17,19-21,26,30-32,38-43,65H,11,14,18,22-25,27-28H2,1-6H3,(H,57,70)(H,58,66)(H,59,67)(H,60,71)(H,61,69)(H,62,68)(H,63,72)(H,73,74)(H,75,76)(H4,54,55,56)/t30-,31-,32+,38-,39-,40-,41+,42+,43-/m0/s1. The minimum Gasteiger partial charge on any atom is -0.508 e. The molecule has 1 heterocycles. The van der Waals surface area contributed by atoms with Gasteiger partial charge >= 0.3 is 17.9 Å². The molecule has 0 spiro atoms. The number of amides is 7. The van der Waals surface area contributed by atoms with E-state index < -0.39 is 127 Å². The van der Waals surface area contributed by atoms with E-state index in [9.17, 15) is 63.3 Å². The predicted octanol–water partition coefficient (Wildman–Crippen LogP) is 0.629. The van der Waals surface area contributed by atoms with Crippen molar-refractivity contribution in [2.75, 3.05) is 6.54 Å². The number of carbonyl (C=O) groups excluding carboxylic acids is 8. The molecule has 0 radical (unpaired) electrons. The van der Waals surface area contributed by atoms with E-state index in [-0.39, 0.29) is 55.6 Å². The number of nitrogens with two attached hydrogens (primary N) is 2. The third-order valence-electron chi connectivity index (χ3n) is 12.3. The number of aryl methyl sites for hydroxylation is 1. The lowest BCUT2D eigenvalue weighted by molar-refractivity contribution is -0.148. The van der Waals surface area contributed by atoms with E-state index in [0.717, 1.165) is 5.56 Å². The summed E-state index contributed by atoms with van der Waals surface area (Å²) in [6.07, 6.45) is 3.86. The van der Waals surface area contributed by atoms with Crippen molar-refractivity contribution < 1.29 is 68.0 Å². The number of rotatable bonds is 16. The van der Waals surface area contributed by atoms with Crippen LogP contribution in [0.3, 0.4) is 0 Å². The zero-order valence-corrected chi connectivity index (χ0v) is 44.0. The molecule has 2 aromatic rings. The Morgan fingerprint density at radius 1 is 0.766 bits per heavy atom. The topological polar surface area (TPSA) is 389 Å². The van der Waals surface area contributed by atoms with Crippen LogP contribution in [0.1, 0.15) is 91.2 Å². The first-order valence-corrected chi connectivity index (χ1v) is 25.0. The van der Waals surface area contributed by atoms with Gasteiger partial charge in [-0.05, 0) is 76.1 Å². The molecule has 3 rings (SSSR count). The summed E-state index contributed by atoms with van der Waals surface area (Å²) in [6.45, 7) is 8.92. The number of carbonyl (C=O) groups is 10. The first kappa shape index (κ1) is 62.7. The Hall–Kier alpha value is -8.57. The number of nitrogens with zero attached hydrogens (tertiary/aromatic N) is 1. The zero-order valence-electron chi connectivity index (χ0n) is 44.0. The van der Waals surface area contributed by atoms with Crippen molar-refractivity contribution in [1.29, 1.82) is 0 Å². The number of aromatic hydroxyl groups is 1. The second-order valence-electron chi connectivity index (χ2n) is 18.6. The van der Waals surface area contributed by atoms with Crippen molar-refractivity contribution in [3.05, 3.63) is 101 Å². The van der Waals surface area contributed by atoms with E-state index in [0.29, 0.717) is 17.6 Å². The summed E-state index contributed by atoms with van der Waals surface area (Å²) >= 11 is 0. The fraction of sp³-hybridized carbons (Fsp3) is 0.453. The molecular formula is C53H72N10O14. The lowest BCUT2D eigenvalue weighted by Crippen LogP contribution is -2.56. The number of aliphatic imine (C=N–C) groups is 1. The molecular weight excluding hydrogens is 1000 g/mol. The van der Waals surface area contributed by atoms with Crippen LogP contribution >= 0.6 is 0 Å². The second kappa shape index (κ2) is 31.3. The number of aliphatic carboxylic acids is 2. The monoisotopic (exact) mass is 1070 g/mol. The summed E-state index contributed by atoms with van der Waals surface area (Å²) in [5.74, 6) is -12.1. The number of nitrogens with one attached hydrogen (secondary N) is 7. The minimum atomic E-state index is -1.93. The Morgan fingerprint density at radius 3 is 2.00 bits per heavy atom. The molecule has 1 aliphatic rings. The smallest absolute Gasteiger partial charge is 0.326 e. The Labute approximate surface area is 446 Å². The van der Waals surface area contributed by atoms with Crippen LogP contribution < -0.4 is 48.7 Å². The van der Waals surface area contributed by atoms with E-state index in [4.69, 9.17) is 16.2 Å². The maximum atomic E-state index is 14.4. The van der Waals surface area contributed by atoms with Gasteiger partial charge in [0.15, 0.2) is 5.96 Å². The summed E-state index contributed by atoms with van der Waals surface area (Å²) in [5.41, 5.74) is 12.8. The fourth-order valence-electron chi connectivity index (χ4n) is 7.87. The minimum absolute atomic E-state index is 0.0110. The van der Waals surface area contributed by atoms with Gasteiger partial charge in [-0.1, -0.05) is 86.2 Å². The van der Waals surface area contributed by atoms with E-state index in [1.807, 2.05) is 43.3 Å². The van der Waals surface area contributed by atoms with Crippen LogP contribution in [0, 0.1) is 11.8 Å². The van der Waals surface area contributed by atoms with Gasteiger partial charge in [0.2, 0.25) is 35.4 Å². The molecule has 0 saturated carbocycles. The Morgan fingerprint density at radius 2 is 1.39 bits per heavy atom. The highest BCUT2D eigenvalue weighted by Crippen LogP contribution is 2.20. The predicted molar refractivity (Wildman–Crippen MR) is 282 cm³/mol. The van der Waals surface area contributed by atoms with Gasteiger partial charge in [-0.15, -0.1) is 0 Å². The molecule has 24 nitrogen and oxygen atoms in total. The third-order valence-corrected chi connectivity index (χ3v) is 12.3. The van der Waals surface area contributed by atoms with Crippen LogP contribution in [0.4, 0.5) is 0 Å². The lowest BCUT2D eigenvalue weighted by atomic mass is 9.94. The van der Waals surface area contributed by atoms with Crippen molar-refractivity contribution in [2.24, 2.45) is 28.3 Å². The van der Waals surface area contributed by atoms with Gasteiger partial charge in [-0.25, -0.2) is 9.59 Å². The highest BCUT2D eigenvalue weighted by atomic mass is 16.5. The summed E-state index contributed by atoms with van der Waals surface area (Å²) in [7, 11) is 0. The summed E-state index contributed by atoms with van der Waals surface area (Å²) in [5, 5.41) is 47.4. The molecule has 14 N–H and O–H groups in total. The number of carboxylic acid groups (broad SMARTS) is 2. The van der Waals surface area contributed by atoms with Crippen molar-refractivity contribution in [1.82, 2.24) is 37.2 Å². The number of allylic oxidation sites excluding steroid dienone is 3. The molecule has 9 atom stereocenters. The summed E-state index contributed by atoms with van der Waals surface area (Å²) in [4.78, 5) is 137. The second-order valence-corrected chi connectivity index (χ2v) is 18.6. The number of ether oxygens (including phenoxy) is 1. The number of guanidine groups is 1. The number of esters is 1. The summed E-state index contributed by atoms with van der Waals surface area (Å²) < 4.78 is 5.67. The van der Waals surface area contributed by atoms with Crippen LogP contribution in [0.2, 0.25) is 0 Å². The largest absolute Gasteiger partial charge is 0.508 e. The maximum Gasteiger partial charge on any atom is 0.326 e. The molecule has 1 fully saturated rings. The zero-order chi connectivity index (χ0) is 57.4. The average Bonchev–Trinajstić information content (AvgIpc) is 3.36. The Bertz CT molecular complexity index is 2550. The Kier molecular flexibility index (Phi) is 25.5. The first-order valence-electron chi connectivity index (χ1n) is 25.0. The van der Waals surface area contributed by atoms with E-state index >= 15 is 0 Å². The number of phenolic OH excluding ortho intramolecular Hbond substituents is 1. The van der Waals surface area contributed by atoms with E-state index in [2.05, 4.69) is 42.2 Å². The van der Waals surface area contributed by atoms with E-state index in [1.165, 1.54) is 52.0 Å². The molecule has 7 amide bonds. The van der Waals surface area contributed by atoms with Crippen molar-refractivity contribution >= 4 is 65.2 Å². The molecule has 1 aliphatic heterocycles. The fourth-order valence-corrected chi connectivity index (χ4v) is 7.87. The van der Waals surface area contributed by atoms with Gasteiger partial charge in [0.05, 0.1) is 18.4 Å². The number of carboxylic acids is 2. The number of benzene rings is 2. The molecule has 77 heavy (non-hydrogen) atoms. The van der Waals surface area contributed by atoms with Gasteiger partial charge in [-0.3, -0.25) is 43.3 Å². The normalized spacial score (nSPS) is 23.5. The third kappa shape index (κ3) is 22.4. The molecule has 0 aromatic heterocycles. The number of hydrogen-bond acceptors (Lipinski definition) is 13. The first-order chi connectivity index (χ1) is 36.4. The number of phenols is 1.